The van der Waals surface area contributed by atoms with Crippen LogP contribution in [0.3, 0.4) is 0 Å². The van der Waals surface area contributed by atoms with Gasteiger partial charge in [-0.25, -0.2) is 0 Å². The summed E-state index contributed by atoms with van der Waals surface area (Å²) >= 11 is 0. The first kappa shape index (κ1) is 14.8. The number of aromatic nitrogens is 2. The molecule has 1 aromatic heterocycles. The molecular formula is C16H18N4O. The molecule has 0 radical (unpaired) electrons. The first-order chi connectivity index (χ1) is 10.1. The molecule has 2 rings (SSSR count). The lowest BCUT2D eigenvalue weighted by Crippen LogP contribution is -2.20. The molecule has 5 nitrogen and oxygen atoms in total. The lowest BCUT2D eigenvalue weighted by molar-refractivity contribution is 0.409. The molecule has 2 aromatic rings. The molecule has 0 saturated carbocycles. The van der Waals surface area contributed by atoms with E-state index in [2.05, 4.69) is 16.3 Å². The van der Waals surface area contributed by atoms with Gasteiger partial charge in [0.2, 0.25) is 0 Å². The summed E-state index contributed by atoms with van der Waals surface area (Å²) in [6.07, 6.45) is 0. The average Bonchev–Trinajstić information content (AvgIpc) is 2.50. The highest BCUT2D eigenvalue weighted by atomic mass is 16.5. The van der Waals surface area contributed by atoms with Gasteiger partial charge in [-0.15, -0.1) is 5.10 Å². The van der Waals surface area contributed by atoms with Crippen LogP contribution in [0, 0.1) is 25.2 Å². The predicted octanol–water partition coefficient (Wildman–Crippen LogP) is 2.61. The van der Waals surface area contributed by atoms with E-state index in [1.54, 1.807) is 7.11 Å². The minimum absolute atomic E-state index is 0.569. The predicted molar refractivity (Wildman–Crippen MR) is 81.3 cm³/mol. The maximum absolute atomic E-state index is 9.37. The Bertz CT molecular complexity index is 691. The second-order valence-electron chi connectivity index (χ2n) is 4.89. The Morgan fingerprint density at radius 3 is 2.62 bits per heavy atom. The maximum Gasteiger partial charge on any atom is 0.169 e. The van der Waals surface area contributed by atoms with Gasteiger partial charge in [0.25, 0.3) is 0 Å². The van der Waals surface area contributed by atoms with E-state index in [1.165, 1.54) is 0 Å². The number of ether oxygens (including phenoxy) is 1. The Balaban J connectivity index is 2.35. The quantitative estimate of drug-likeness (QED) is 0.862. The summed E-state index contributed by atoms with van der Waals surface area (Å²) in [5.74, 6) is 1.41. The standard InChI is InChI=1S/C16H18N4O/c1-11-12(2)18-19-16(14(11)9-17)20(3)10-13-7-5-6-8-15(13)21-4/h5-8H,10H2,1-4H3. The van der Waals surface area contributed by atoms with Gasteiger partial charge in [-0.3, -0.25) is 0 Å². The second kappa shape index (κ2) is 6.23. The van der Waals surface area contributed by atoms with Crippen LogP contribution >= 0.6 is 0 Å². The SMILES string of the molecule is COc1ccccc1CN(C)c1nnc(C)c(C)c1C#N. The van der Waals surface area contributed by atoms with E-state index < -0.39 is 0 Å². The van der Waals surface area contributed by atoms with Crippen LogP contribution in [0.2, 0.25) is 0 Å². The number of hydrogen-bond donors (Lipinski definition) is 0. The summed E-state index contributed by atoms with van der Waals surface area (Å²) in [5.41, 5.74) is 3.25. The molecule has 0 N–H and O–H groups in total. The molecular weight excluding hydrogens is 264 g/mol. The lowest BCUT2D eigenvalue weighted by atomic mass is 10.1. The summed E-state index contributed by atoms with van der Waals surface area (Å²) in [7, 11) is 3.54. The smallest absolute Gasteiger partial charge is 0.169 e. The Labute approximate surface area is 124 Å². The number of para-hydroxylation sites is 1. The van der Waals surface area contributed by atoms with Crippen molar-refractivity contribution in [3.63, 3.8) is 0 Å². The Morgan fingerprint density at radius 2 is 1.95 bits per heavy atom. The molecule has 0 amide bonds. The van der Waals surface area contributed by atoms with Gasteiger partial charge in [-0.1, -0.05) is 18.2 Å². The van der Waals surface area contributed by atoms with E-state index in [4.69, 9.17) is 4.74 Å². The third-order valence-electron chi connectivity index (χ3n) is 3.51. The van der Waals surface area contributed by atoms with Gasteiger partial charge < -0.3 is 9.64 Å². The van der Waals surface area contributed by atoms with Crippen molar-refractivity contribution in [2.24, 2.45) is 0 Å². The van der Waals surface area contributed by atoms with Gasteiger partial charge in [0.1, 0.15) is 17.4 Å². The highest BCUT2D eigenvalue weighted by Crippen LogP contribution is 2.24. The first-order valence-electron chi connectivity index (χ1n) is 6.65. The molecule has 0 spiro atoms. The number of rotatable bonds is 4. The number of benzene rings is 1. The van der Waals surface area contributed by atoms with Crippen molar-refractivity contribution in [3.8, 4) is 11.8 Å². The number of methoxy groups -OCH3 is 1. The van der Waals surface area contributed by atoms with Gasteiger partial charge in [0.05, 0.1) is 12.8 Å². The van der Waals surface area contributed by atoms with Crippen LogP contribution in [0.15, 0.2) is 24.3 Å². The molecule has 0 aliphatic carbocycles. The lowest BCUT2D eigenvalue weighted by Gasteiger charge is -2.21. The summed E-state index contributed by atoms with van der Waals surface area (Å²) in [4.78, 5) is 1.91. The molecule has 0 atom stereocenters. The number of aryl methyl sites for hydroxylation is 1. The van der Waals surface area contributed by atoms with Crippen LogP contribution in [0.1, 0.15) is 22.4 Å². The van der Waals surface area contributed by atoms with Crippen LogP contribution in [0.25, 0.3) is 0 Å². The van der Waals surface area contributed by atoms with Crippen molar-refractivity contribution in [1.82, 2.24) is 10.2 Å². The minimum atomic E-state index is 0.569. The third kappa shape index (κ3) is 2.95. The number of nitrogens with zero attached hydrogens (tertiary/aromatic N) is 4. The van der Waals surface area contributed by atoms with E-state index >= 15 is 0 Å². The first-order valence-corrected chi connectivity index (χ1v) is 6.65. The van der Waals surface area contributed by atoms with Gasteiger partial charge in [0, 0.05) is 19.2 Å². The van der Waals surface area contributed by atoms with Crippen molar-refractivity contribution < 1.29 is 4.74 Å². The van der Waals surface area contributed by atoms with Crippen molar-refractivity contribution >= 4 is 5.82 Å². The number of hydrogen-bond acceptors (Lipinski definition) is 5. The number of nitriles is 1. The zero-order chi connectivity index (χ0) is 15.4. The van der Waals surface area contributed by atoms with E-state index in [0.717, 1.165) is 22.6 Å². The normalized spacial score (nSPS) is 10.0. The van der Waals surface area contributed by atoms with E-state index in [9.17, 15) is 5.26 Å². The van der Waals surface area contributed by atoms with E-state index in [1.807, 2.05) is 50.1 Å². The monoisotopic (exact) mass is 282 g/mol. The van der Waals surface area contributed by atoms with Crippen molar-refractivity contribution in [3.05, 3.63) is 46.6 Å². The van der Waals surface area contributed by atoms with E-state index in [0.29, 0.717) is 17.9 Å². The van der Waals surface area contributed by atoms with Gasteiger partial charge in [-0.2, -0.15) is 10.4 Å². The molecule has 0 aliphatic rings. The molecule has 0 aliphatic heterocycles. The van der Waals surface area contributed by atoms with Crippen molar-refractivity contribution in [2.75, 3.05) is 19.1 Å². The third-order valence-corrected chi connectivity index (χ3v) is 3.51. The molecule has 0 saturated heterocycles. The summed E-state index contributed by atoms with van der Waals surface area (Å²) in [6.45, 7) is 4.34. The Hall–Kier alpha value is -2.61. The van der Waals surface area contributed by atoms with Crippen LogP contribution < -0.4 is 9.64 Å². The van der Waals surface area contributed by atoms with E-state index in [-0.39, 0.29) is 0 Å². The topological polar surface area (TPSA) is 62.0 Å². The van der Waals surface area contributed by atoms with Gasteiger partial charge in [-0.05, 0) is 25.5 Å². The zero-order valence-electron chi connectivity index (χ0n) is 12.7. The Morgan fingerprint density at radius 1 is 1.24 bits per heavy atom. The highest BCUT2D eigenvalue weighted by Gasteiger charge is 2.15. The summed E-state index contributed by atoms with van der Waals surface area (Å²) < 4.78 is 5.35. The fourth-order valence-electron chi connectivity index (χ4n) is 2.16. The largest absolute Gasteiger partial charge is 0.496 e. The maximum atomic E-state index is 9.37. The van der Waals surface area contributed by atoms with Crippen LogP contribution in [-0.2, 0) is 6.54 Å². The summed E-state index contributed by atoms with van der Waals surface area (Å²) in [5, 5.41) is 17.7. The van der Waals surface area contributed by atoms with Crippen molar-refractivity contribution in [1.29, 1.82) is 5.26 Å². The second-order valence-corrected chi connectivity index (χ2v) is 4.89. The Kier molecular flexibility index (Phi) is 4.39. The van der Waals surface area contributed by atoms with Gasteiger partial charge >= 0.3 is 0 Å². The molecule has 5 heteroatoms. The van der Waals surface area contributed by atoms with Crippen LogP contribution in [0.5, 0.6) is 5.75 Å². The molecule has 0 fully saturated rings. The molecule has 0 unspecified atom stereocenters. The summed E-state index contributed by atoms with van der Waals surface area (Å²) in [6, 6.07) is 10.0. The average molecular weight is 282 g/mol. The number of anilines is 1. The van der Waals surface area contributed by atoms with Crippen molar-refractivity contribution in [2.45, 2.75) is 20.4 Å². The van der Waals surface area contributed by atoms with Crippen LogP contribution in [-0.4, -0.2) is 24.4 Å². The van der Waals surface area contributed by atoms with Gasteiger partial charge in [0.15, 0.2) is 5.82 Å². The fraction of sp³-hybridized carbons (Fsp3) is 0.312. The molecule has 1 heterocycles. The fourth-order valence-corrected chi connectivity index (χ4v) is 2.16. The molecule has 0 bridgehead atoms. The molecule has 21 heavy (non-hydrogen) atoms. The minimum Gasteiger partial charge on any atom is -0.496 e. The highest BCUT2D eigenvalue weighted by molar-refractivity contribution is 5.57. The zero-order valence-corrected chi connectivity index (χ0v) is 12.7. The van der Waals surface area contributed by atoms with Crippen LogP contribution in [0.4, 0.5) is 5.82 Å². The molecule has 108 valence electrons. The molecule has 1 aromatic carbocycles.